The molecular weight excluding hydrogens is 296 g/mol. The molecule has 0 spiro atoms. The smallest absolute Gasteiger partial charge is 0.159 e. The molecule has 2 rings (SSSR count). The van der Waals surface area contributed by atoms with E-state index in [1.165, 1.54) is 0 Å². The lowest BCUT2D eigenvalue weighted by Gasteiger charge is -2.48. The molecule has 23 heavy (non-hydrogen) atoms. The Morgan fingerprint density at radius 1 is 1.09 bits per heavy atom. The standard InChI is InChI=1S/C18H28O5/c1-13-6-7-18(10-23-12-21-5)14(2)15(19)8-16(18)17(13,3)9-22-11-20-4/h6-8,13-14H,9-12H2,1-5H3/t13-,14+,17-,18-/m0/s1. The van der Waals surface area contributed by atoms with Crippen LogP contribution in [-0.4, -0.2) is 46.8 Å². The zero-order chi connectivity index (χ0) is 17.1. The van der Waals surface area contributed by atoms with E-state index < -0.39 is 5.41 Å². The molecule has 2 aliphatic carbocycles. The van der Waals surface area contributed by atoms with Crippen molar-refractivity contribution in [3.63, 3.8) is 0 Å². The maximum Gasteiger partial charge on any atom is 0.159 e. The van der Waals surface area contributed by atoms with Crippen LogP contribution in [0, 0.1) is 22.7 Å². The molecule has 0 aromatic carbocycles. The topological polar surface area (TPSA) is 54.0 Å². The maximum absolute atomic E-state index is 12.4. The van der Waals surface area contributed by atoms with Crippen LogP contribution in [0.3, 0.4) is 0 Å². The number of ketones is 1. The second kappa shape index (κ2) is 7.26. The largest absolute Gasteiger partial charge is 0.359 e. The summed E-state index contributed by atoms with van der Waals surface area (Å²) in [5, 5.41) is 0. The summed E-state index contributed by atoms with van der Waals surface area (Å²) < 4.78 is 21.3. The minimum Gasteiger partial charge on any atom is -0.359 e. The van der Waals surface area contributed by atoms with Crippen LogP contribution >= 0.6 is 0 Å². The molecule has 5 nitrogen and oxygen atoms in total. The van der Waals surface area contributed by atoms with Gasteiger partial charge in [0.1, 0.15) is 13.6 Å². The van der Waals surface area contributed by atoms with Crippen molar-refractivity contribution in [3.8, 4) is 0 Å². The molecule has 0 saturated carbocycles. The summed E-state index contributed by atoms with van der Waals surface area (Å²) in [6, 6.07) is 0. The van der Waals surface area contributed by atoms with Gasteiger partial charge in [0.2, 0.25) is 0 Å². The van der Waals surface area contributed by atoms with Crippen LogP contribution in [0.4, 0.5) is 0 Å². The Hall–Kier alpha value is -1.01. The number of fused-ring (bicyclic) bond motifs is 1. The van der Waals surface area contributed by atoms with Gasteiger partial charge in [-0.3, -0.25) is 4.79 Å². The molecule has 130 valence electrons. The van der Waals surface area contributed by atoms with Crippen LogP contribution in [0.15, 0.2) is 23.8 Å². The Bertz CT molecular complexity index is 498. The normalized spacial score (nSPS) is 36.2. The van der Waals surface area contributed by atoms with Crippen molar-refractivity contribution < 1.29 is 23.7 Å². The lowest BCUT2D eigenvalue weighted by Crippen LogP contribution is -2.46. The third-order valence-electron chi connectivity index (χ3n) is 5.44. The number of hydrogen-bond acceptors (Lipinski definition) is 5. The van der Waals surface area contributed by atoms with Gasteiger partial charge in [0, 0.05) is 31.0 Å². The van der Waals surface area contributed by atoms with E-state index in [4.69, 9.17) is 18.9 Å². The van der Waals surface area contributed by atoms with E-state index in [0.29, 0.717) is 13.2 Å². The zero-order valence-corrected chi connectivity index (χ0v) is 14.8. The Morgan fingerprint density at radius 3 is 2.30 bits per heavy atom. The molecule has 2 aliphatic rings. The van der Waals surface area contributed by atoms with E-state index in [1.54, 1.807) is 20.3 Å². The van der Waals surface area contributed by atoms with Crippen LogP contribution in [0.2, 0.25) is 0 Å². The van der Waals surface area contributed by atoms with Gasteiger partial charge in [0.05, 0.1) is 13.2 Å². The second-order valence-electron chi connectivity index (χ2n) is 6.80. The first-order valence-corrected chi connectivity index (χ1v) is 8.01. The van der Waals surface area contributed by atoms with Gasteiger partial charge in [-0.1, -0.05) is 32.9 Å². The monoisotopic (exact) mass is 324 g/mol. The fourth-order valence-electron chi connectivity index (χ4n) is 3.68. The van der Waals surface area contributed by atoms with E-state index >= 15 is 0 Å². The Labute approximate surface area is 138 Å². The van der Waals surface area contributed by atoms with Gasteiger partial charge in [0.25, 0.3) is 0 Å². The van der Waals surface area contributed by atoms with Crippen LogP contribution in [-0.2, 0) is 23.7 Å². The van der Waals surface area contributed by atoms with Crippen LogP contribution in [0.5, 0.6) is 0 Å². The third kappa shape index (κ3) is 3.15. The van der Waals surface area contributed by atoms with Gasteiger partial charge in [-0.15, -0.1) is 0 Å². The van der Waals surface area contributed by atoms with E-state index in [0.717, 1.165) is 5.57 Å². The summed E-state index contributed by atoms with van der Waals surface area (Å²) >= 11 is 0. The molecule has 0 N–H and O–H groups in total. The summed E-state index contributed by atoms with van der Waals surface area (Å²) in [5.74, 6) is 0.275. The summed E-state index contributed by atoms with van der Waals surface area (Å²) in [5.41, 5.74) is 0.432. The van der Waals surface area contributed by atoms with E-state index in [-0.39, 0.29) is 36.6 Å². The lowest BCUT2D eigenvalue weighted by atomic mass is 9.58. The summed E-state index contributed by atoms with van der Waals surface area (Å²) in [7, 11) is 3.20. The molecule has 0 saturated heterocycles. The van der Waals surface area contributed by atoms with Crippen molar-refractivity contribution >= 4 is 5.78 Å². The number of carbonyl (C=O) groups excluding carboxylic acids is 1. The number of methoxy groups -OCH3 is 2. The minimum atomic E-state index is -0.409. The molecule has 0 unspecified atom stereocenters. The van der Waals surface area contributed by atoms with Crippen molar-refractivity contribution in [2.75, 3.05) is 41.0 Å². The molecule has 0 amide bonds. The number of rotatable bonds is 8. The molecule has 0 radical (unpaired) electrons. The zero-order valence-electron chi connectivity index (χ0n) is 14.8. The van der Waals surface area contributed by atoms with Crippen molar-refractivity contribution in [2.24, 2.45) is 22.7 Å². The number of hydrogen-bond donors (Lipinski definition) is 0. The number of carbonyl (C=O) groups is 1. The lowest BCUT2D eigenvalue weighted by molar-refractivity contribution is -0.121. The minimum absolute atomic E-state index is 0.139. The average Bonchev–Trinajstić information content (AvgIpc) is 2.78. The maximum atomic E-state index is 12.4. The van der Waals surface area contributed by atoms with Crippen molar-refractivity contribution in [3.05, 3.63) is 23.8 Å². The Balaban J connectivity index is 2.34. The van der Waals surface area contributed by atoms with Gasteiger partial charge >= 0.3 is 0 Å². The second-order valence-corrected chi connectivity index (χ2v) is 6.80. The first-order chi connectivity index (χ1) is 10.9. The Kier molecular flexibility index (Phi) is 5.79. The number of allylic oxidation sites excluding steroid dienone is 2. The van der Waals surface area contributed by atoms with E-state index in [1.807, 2.05) is 6.92 Å². The molecule has 0 fully saturated rings. The van der Waals surface area contributed by atoms with Crippen molar-refractivity contribution in [1.82, 2.24) is 0 Å². The molecular formula is C18H28O5. The van der Waals surface area contributed by atoms with Gasteiger partial charge < -0.3 is 18.9 Å². The molecule has 0 aromatic rings. The molecule has 5 heteroatoms. The van der Waals surface area contributed by atoms with Crippen molar-refractivity contribution in [1.29, 1.82) is 0 Å². The third-order valence-corrected chi connectivity index (χ3v) is 5.44. The highest BCUT2D eigenvalue weighted by Crippen LogP contribution is 2.57. The number of ether oxygens (including phenoxy) is 4. The van der Waals surface area contributed by atoms with Gasteiger partial charge in [0.15, 0.2) is 5.78 Å². The first kappa shape index (κ1) is 18.3. The Morgan fingerprint density at radius 2 is 1.70 bits per heavy atom. The van der Waals surface area contributed by atoms with Crippen molar-refractivity contribution in [2.45, 2.75) is 20.8 Å². The molecule has 4 atom stereocenters. The molecule has 0 bridgehead atoms. The summed E-state index contributed by atoms with van der Waals surface area (Å²) in [6.45, 7) is 7.68. The van der Waals surface area contributed by atoms with E-state index in [2.05, 4.69) is 26.0 Å². The van der Waals surface area contributed by atoms with Crippen LogP contribution < -0.4 is 0 Å². The highest BCUT2D eigenvalue weighted by Gasteiger charge is 2.55. The SMILES string of the molecule is COCOC[C@]1(C)C2=CC(=O)[C@@H](C)[C@@]2(COCOC)C=C[C@@H]1C. The molecule has 0 aromatic heterocycles. The van der Waals surface area contributed by atoms with Gasteiger partial charge in [-0.2, -0.15) is 0 Å². The highest BCUT2D eigenvalue weighted by molar-refractivity contribution is 5.97. The molecule has 0 aliphatic heterocycles. The predicted molar refractivity (Wildman–Crippen MR) is 86.8 cm³/mol. The highest BCUT2D eigenvalue weighted by atomic mass is 16.7. The molecule has 0 heterocycles. The van der Waals surface area contributed by atoms with Crippen LogP contribution in [0.25, 0.3) is 0 Å². The fourth-order valence-corrected chi connectivity index (χ4v) is 3.68. The van der Waals surface area contributed by atoms with Gasteiger partial charge in [-0.05, 0) is 17.6 Å². The quantitative estimate of drug-likeness (QED) is 0.390. The average molecular weight is 324 g/mol. The van der Waals surface area contributed by atoms with Gasteiger partial charge in [-0.25, -0.2) is 0 Å². The van der Waals surface area contributed by atoms with Crippen LogP contribution in [0.1, 0.15) is 20.8 Å². The first-order valence-electron chi connectivity index (χ1n) is 8.01. The summed E-state index contributed by atoms with van der Waals surface area (Å²) in [6.07, 6.45) is 6.13. The van der Waals surface area contributed by atoms with E-state index in [9.17, 15) is 4.79 Å². The predicted octanol–water partition coefficient (Wildman–Crippen LogP) is 2.57. The fraction of sp³-hybridized carbons (Fsp3) is 0.722. The summed E-state index contributed by atoms with van der Waals surface area (Å²) in [4.78, 5) is 12.4.